The van der Waals surface area contributed by atoms with Crippen molar-refractivity contribution in [1.29, 1.82) is 0 Å². The van der Waals surface area contributed by atoms with E-state index in [0.717, 1.165) is 0 Å². The van der Waals surface area contributed by atoms with Gasteiger partial charge in [0, 0.05) is 17.7 Å². The predicted molar refractivity (Wildman–Crippen MR) is 84.7 cm³/mol. The molecule has 21 heavy (non-hydrogen) atoms. The zero-order valence-corrected chi connectivity index (χ0v) is 13.3. The van der Waals surface area contributed by atoms with Gasteiger partial charge in [-0.2, -0.15) is 0 Å². The van der Waals surface area contributed by atoms with Crippen molar-refractivity contribution >= 4 is 45.0 Å². The highest BCUT2D eigenvalue weighted by molar-refractivity contribution is 9.10. The van der Waals surface area contributed by atoms with Crippen LogP contribution in [0.3, 0.4) is 0 Å². The lowest BCUT2D eigenvalue weighted by Crippen LogP contribution is -2.21. The monoisotopic (exact) mass is 367 g/mol. The van der Waals surface area contributed by atoms with Crippen molar-refractivity contribution in [3.05, 3.63) is 57.3 Å². The van der Waals surface area contributed by atoms with Gasteiger partial charge < -0.3 is 10.6 Å². The fourth-order valence-corrected chi connectivity index (χ4v) is 2.22. The average Bonchev–Trinajstić information content (AvgIpc) is 2.49. The average molecular weight is 369 g/mol. The Labute approximate surface area is 134 Å². The summed E-state index contributed by atoms with van der Waals surface area (Å²) in [6.45, 7) is 0. The fourth-order valence-electron chi connectivity index (χ4n) is 1.70. The Kier molecular flexibility index (Phi) is 4.93. The number of pyridine rings is 1. The first-order valence-corrected chi connectivity index (χ1v) is 7.13. The number of nitrogens with one attached hydrogen (secondary N) is 2. The topological polar surface area (TPSA) is 71.1 Å². The number of anilines is 1. The highest BCUT2D eigenvalue weighted by atomic mass is 79.9. The number of amides is 2. The van der Waals surface area contributed by atoms with Crippen molar-refractivity contribution in [2.75, 3.05) is 12.4 Å². The van der Waals surface area contributed by atoms with Gasteiger partial charge in [-0.15, -0.1) is 0 Å². The van der Waals surface area contributed by atoms with E-state index in [4.69, 9.17) is 11.6 Å². The summed E-state index contributed by atoms with van der Waals surface area (Å²) in [5, 5.41) is 5.27. The lowest BCUT2D eigenvalue weighted by Gasteiger charge is -2.10. The van der Waals surface area contributed by atoms with Crippen LogP contribution in [0.15, 0.2) is 41.0 Å². The molecule has 1 aromatic heterocycles. The first kappa shape index (κ1) is 15.5. The second kappa shape index (κ2) is 6.69. The minimum absolute atomic E-state index is 0.0909. The number of carbonyl (C=O) groups excluding carboxylic acids is 2. The molecule has 0 unspecified atom stereocenters. The summed E-state index contributed by atoms with van der Waals surface area (Å²) in [6, 6.07) is 8.26. The molecule has 0 atom stereocenters. The van der Waals surface area contributed by atoms with Crippen molar-refractivity contribution in [1.82, 2.24) is 10.3 Å². The molecule has 2 N–H and O–H groups in total. The number of nitrogens with zero attached hydrogens (tertiary/aromatic N) is 1. The number of hydrogen-bond acceptors (Lipinski definition) is 3. The van der Waals surface area contributed by atoms with E-state index in [-0.39, 0.29) is 16.6 Å². The predicted octanol–water partition coefficient (Wildman–Crippen LogP) is 3.11. The molecule has 5 nitrogen and oxygen atoms in total. The van der Waals surface area contributed by atoms with Crippen LogP contribution in [0.5, 0.6) is 0 Å². The van der Waals surface area contributed by atoms with Crippen LogP contribution in [-0.4, -0.2) is 23.8 Å². The van der Waals surface area contributed by atoms with Gasteiger partial charge in [-0.3, -0.25) is 9.59 Å². The van der Waals surface area contributed by atoms with Crippen LogP contribution in [0.4, 0.5) is 5.69 Å². The van der Waals surface area contributed by atoms with Gasteiger partial charge >= 0.3 is 0 Å². The van der Waals surface area contributed by atoms with Crippen LogP contribution >= 0.6 is 27.5 Å². The van der Waals surface area contributed by atoms with Crippen LogP contribution in [-0.2, 0) is 0 Å². The Morgan fingerprint density at radius 2 is 1.90 bits per heavy atom. The van der Waals surface area contributed by atoms with Crippen LogP contribution < -0.4 is 10.6 Å². The number of halogens is 2. The molecule has 0 radical (unpaired) electrons. The molecule has 2 rings (SSSR count). The number of para-hydroxylation sites is 1. The molecule has 0 fully saturated rings. The zero-order chi connectivity index (χ0) is 15.4. The summed E-state index contributed by atoms with van der Waals surface area (Å²) in [7, 11) is 1.52. The Morgan fingerprint density at radius 3 is 2.62 bits per heavy atom. The molecule has 0 bridgehead atoms. The molecule has 0 aliphatic heterocycles. The van der Waals surface area contributed by atoms with E-state index < -0.39 is 5.91 Å². The number of aromatic nitrogens is 1. The van der Waals surface area contributed by atoms with Gasteiger partial charge in [-0.1, -0.05) is 23.7 Å². The number of hydrogen-bond donors (Lipinski definition) is 2. The summed E-state index contributed by atoms with van der Waals surface area (Å²) in [4.78, 5) is 27.9. The van der Waals surface area contributed by atoms with Crippen molar-refractivity contribution < 1.29 is 9.59 Å². The van der Waals surface area contributed by atoms with E-state index in [1.54, 1.807) is 30.3 Å². The third-order valence-corrected chi connectivity index (χ3v) is 3.43. The van der Waals surface area contributed by atoms with Crippen LogP contribution in [0.2, 0.25) is 5.15 Å². The SMILES string of the molecule is CNC(=O)c1ccccc1NC(=O)c1cc(Br)cnc1Cl. The molecule has 0 aliphatic rings. The maximum atomic E-state index is 12.3. The van der Waals surface area contributed by atoms with E-state index >= 15 is 0 Å². The molecule has 0 spiro atoms. The van der Waals surface area contributed by atoms with Crippen LogP contribution in [0, 0.1) is 0 Å². The maximum absolute atomic E-state index is 12.3. The van der Waals surface area contributed by atoms with E-state index in [1.165, 1.54) is 13.2 Å². The fraction of sp³-hybridized carbons (Fsp3) is 0.0714. The molecule has 0 saturated carbocycles. The van der Waals surface area contributed by atoms with E-state index in [0.29, 0.717) is 15.7 Å². The molecule has 2 aromatic rings. The smallest absolute Gasteiger partial charge is 0.258 e. The molecule has 0 saturated heterocycles. The molecular weight excluding hydrogens is 358 g/mol. The van der Waals surface area contributed by atoms with Gasteiger partial charge in [0.05, 0.1) is 16.8 Å². The quantitative estimate of drug-likeness (QED) is 0.818. The van der Waals surface area contributed by atoms with Crippen molar-refractivity contribution in [2.45, 2.75) is 0 Å². The Balaban J connectivity index is 2.32. The number of benzene rings is 1. The minimum atomic E-state index is -0.440. The van der Waals surface area contributed by atoms with Gasteiger partial charge in [0.25, 0.3) is 11.8 Å². The number of rotatable bonds is 3. The third kappa shape index (κ3) is 3.59. The molecule has 7 heteroatoms. The van der Waals surface area contributed by atoms with E-state index in [2.05, 4.69) is 31.5 Å². The maximum Gasteiger partial charge on any atom is 0.258 e. The summed E-state index contributed by atoms with van der Waals surface area (Å²) in [5.41, 5.74) is 0.989. The normalized spacial score (nSPS) is 10.0. The minimum Gasteiger partial charge on any atom is -0.355 e. The van der Waals surface area contributed by atoms with Gasteiger partial charge in [-0.05, 0) is 34.1 Å². The third-order valence-electron chi connectivity index (χ3n) is 2.70. The molecule has 2 amide bonds. The molecule has 1 heterocycles. The van der Waals surface area contributed by atoms with Crippen molar-refractivity contribution in [3.8, 4) is 0 Å². The van der Waals surface area contributed by atoms with E-state index in [1.807, 2.05) is 0 Å². The highest BCUT2D eigenvalue weighted by Gasteiger charge is 2.16. The second-order valence-corrected chi connectivity index (χ2v) is 5.34. The van der Waals surface area contributed by atoms with Crippen molar-refractivity contribution in [3.63, 3.8) is 0 Å². The largest absolute Gasteiger partial charge is 0.355 e. The summed E-state index contributed by atoms with van der Waals surface area (Å²) >= 11 is 9.15. The molecule has 108 valence electrons. The van der Waals surface area contributed by atoms with Crippen LogP contribution in [0.25, 0.3) is 0 Å². The summed E-state index contributed by atoms with van der Waals surface area (Å²) in [6.07, 6.45) is 1.50. The first-order valence-electron chi connectivity index (χ1n) is 5.96. The van der Waals surface area contributed by atoms with Crippen LogP contribution in [0.1, 0.15) is 20.7 Å². The number of carbonyl (C=O) groups is 2. The molecule has 0 aliphatic carbocycles. The molecular formula is C14H11BrClN3O2. The summed E-state index contributed by atoms with van der Waals surface area (Å²) < 4.78 is 0.636. The lowest BCUT2D eigenvalue weighted by atomic mass is 10.1. The van der Waals surface area contributed by atoms with E-state index in [9.17, 15) is 9.59 Å². The zero-order valence-electron chi connectivity index (χ0n) is 11.0. The summed E-state index contributed by atoms with van der Waals surface area (Å²) in [5.74, 6) is -0.727. The van der Waals surface area contributed by atoms with Gasteiger partial charge in [0.2, 0.25) is 0 Å². The van der Waals surface area contributed by atoms with Crippen molar-refractivity contribution in [2.24, 2.45) is 0 Å². The van der Waals surface area contributed by atoms with Gasteiger partial charge in [-0.25, -0.2) is 4.98 Å². The van der Waals surface area contributed by atoms with Gasteiger partial charge in [0.15, 0.2) is 0 Å². The molecule has 1 aromatic carbocycles. The van der Waals surface area contributed by atoms with Gasteiger partial charge in [0.1, 0.15) is 5.15 Å². The Morgan fingerprint density at radius 1 is 1.19 bits per heavy atom. The Hall–Kier alpha value is -1.92. The highest BCUT2D eigenvalue weighted by Crippen LogP contribution is 2.21. The first-order chi connectivity index (χ1) is 10.0. The Bertz CT molecular complexity index is 706. The standard InChI is InChI=1S/C14H11BrClN3O2/c1-17-13(20)9-4-2-3-5-11(9)19-14(21)10-6-8(15)7-18-12(10)16/h2-7H,1H3,(H,17,20)(H,19,21). The lowest BCUT2D eigenvalue weighted by molar-refractivity contribution is 0.0964. The second-order valence-electron chi connectivity index (χ2n) is 4.07.